The molecule has 2 fully saturated rings. The van der Waals surface area contributed by atoms with Crippen LogP contribution in [0.15, 0.2) is 42.6 Å². The van der Waals surface area contributed by atoms with Crippen LogP contribution in [0.4, 0.5) is 11.4 Å². The molecule has 192 valence electrons. The molecule has 10 heteroatoms. The zero-order valence-electron chi connectivity index (χ0n) is 20.6. The van der Waals surface area contributed by atoms with E-state index >= 15 is 0 Å². The molecule has 2 saturated heterocycles. The van der Waals surface area contributed by atoms with Crippen molar-refractivity contribution in [2.45, 2.75) is 25.8 Å². The molecular formula is C27H28Cl2N6O2. The van der Waals surface area contributed by atoms with Gasteiger partial charge in [-0.2, -0.15) is 10.4 Å². The third-order valence-corrected chi connectivity index (χ3v) is 7.88. The van der Waals surface area contributed by atoms with Crippen LogP contribution in [-0.4, -0.2) is 66.0 Å². The van der Waals surface area contributed by atoms with Crippen molar-refractivity contribution in [3.63, 3.8) is 0 Å². The van der Waals surface area contributed by atoms with Gasteiger partial charge in [0.05, 0.1) is 57.7 Å². The summed E-state index contributed by atoms with van der Waals surface area (Å²) in [6, 6.07) is 13.6. The average molecular weight is 539 g/mol. The summed E-state index contributed by atoms with van der Waals surface area (Å²) >= 11 is 12.2. The number of nitrogens with one attached hydrogen (secondary N) is 1. The lowest BCUT2D eigenvalue weighted by molar-refractivity contribution is 0.0115. The number of carbonyl (C=O) groups is 1. The van der Waals surface area contributed by atoms with Gasteiger partial charge in [0.25, 0.3) is 5.91 Å². The molecule has 1 amide bonds. The number of anilines is 2. The second-order valence-electron chi connectivity index (χ2n) is 9.32. The van der Waals surface area contributed by atoms with Crippen molar-refractivity contribution in [3.05, 3.63) is 69.5 Å². The summed E-state index contributed by atoms with van der Waals surface area (Å²) in [6.45, 7) is 7.21. The van der Waals surface area contributed by atoms with Crippen LogP contribution in [0.5, 0.6) is 0 Å². The molecule has 2 aliphatic heterocycles. The first-order valence-electron chi connectivity index (χ1n) is 12.4. The smallest absolute Gasteiger partial charge is 0.259 e. The van der Waals surface area contributed by atoms with Gasteiger partial charge in [0, 0.05) is 37.9 Å². The van der Waals surface area contributed by atoms with Gasteiger partial charge < -0.3 is 15.0 Å². The minimum atomic E-state index is -0.299. The molecule has 2 aromatic carbocycles. The highest BCUT2D eigenvalue weighted by atomic mass is 35.5. The maximum atomic E-state index is 13.1. The summed E-state index contributed by atoms with van der Waals surface area (Å²) in [6.07, 6.45) is 3.64. The predicted molar refractivity (Wildman–Crippen MR) is 145 cm³/mol. The van der Waals surface area contributed by atoms with E-state index in [4.69, 9.17) is 27.9 Å². The Morgan fingerprint density at radius 3 is 2.54 bits per heavy atom. The van der Waals surface area contributed by atoms with E-state index in [0.717, 1.165) is 57.9 Å². The Kier molecular flexibility index (Phi) is 7.68. The van der Waals surface area contributed by atoms with Crippen LogP contribution in [0.25, 0.3) is 5.69 Å². The molecule has 0 atom stereocenters. The Labute approximate surface area is 226 Å². The third-order valence-electron chi connectivity index (χ3n) is 7.14. The maximum Gasteiger partial charge on any atom is 0.259 e. The van der Waals surface area contributed by atoms with Gasteiger partial charge in [0.1, 0.15) is 6.07 Å². The number of ether oxygens (including phenoxy) is 1. The Bertz CT molecular complexity index is 1340. The lowest BCUT2D eigenvalue weighted by Gasteiger charge is -2.41. The van der Waals surface area contributed by atoms with Crippen molar-refractivity contribution in [3.8, 4) is 11.8 Å². The highest BCUT2D eigenvalue weighted by Crippen LogP contribution is 2.29. The molecule has 5 rings (SSSR count). The van der Waals surface area contributed by atoms with E-state index in [1.54, 1.807) is 28.9 Å². The number of nitriles is 1. The fourth-order valence-electron chi connectivity index (χ4n) is 5.10. The standard InChI is InChI=1S/C27H28Cl2N6O2/c1-18-23(17-31-35(18)22-3-4-24(28)25(29)15-22)27(36)32-20-2-5-26(19(14-20)16-30)34-8-6-21(7-9-34)33-10-12-37-13-11-33/h2-5,14-15,17,21H,6-13H2,1H3,(H,32,36). The van der Waals surface area contributed by atoms with Crippen molar-refractivity contribution >= 4 is 40.5 Å². The van der Waals surface area contributed by atoms with Gasteiger partial charge in [0.15, 0.2) is 0 Å². The van der Waals surface area contributed by atoms with Gasteiger partial charge in [-0.05, 0) is 56.2 Å². The number of piperidine rings is 1. The molecule has 0 saturated carbocycles. The van der Waals surface area contributed by atoms with Crippen molar-refractivity contribution in [1.29, 1.82) is 5.26 Å². The number of benzene rings is 2. The molecule has 0 unspecified atom stereocenters. The lowest BCUT2D eigenvalue weighted by atomic mass is 10.0. The maximum absolute atomic E-state index is 13.1. The number of nitrogens with zero attached hydrogens (tertiary/aromatic N) is 5. The zero-order chi connectivity index (χ0) is 25.9. The van der Waals surface area contributed by atoms with Crippen LogP contribution in [0.1, 0.15) is 34.5 Å². The molecule has 2 aliphatic rings. The Morgan fingerprint density at radius 1 is 1.08 bits per heavy atom. The number of halogens is 2. The van der Waals surface area contributed by atoms with Gasteiger partial charge >= 0.3 is 0 Å². The quantitative estimate of drug-likeness (QED) is 0.496. The van der Waals surface area contributed by atoms with Crippen LogP contribution in [0.3, 0.4) is 0 Å². The summed E-state index contributed by atoms with van der Waals surface area (Å²) < 4.78 is 7.12. The number of morpholine rings is 1. The number of amides is 1. The molecule has 0 radical (unpaired) electrons. The van der Waals surface area contributed by atoms with Crippen LogP contribution in [-0.2, 0) is 4.74 Å². The number of hydrogen-bond donors (Lipinski definition) is 1. The molecule has 0 aliphatic carbocycles. The summed E-state index contributed by atoms with van der Waals surface area (Å²) in [5.74, 6) is -0.299. The topological polar surface area (TPSA) is 86.4 Å². The molecule has 1 aromatic heterocycles. The second-order valence-corrected chi connectivity index (χ2v) is 10.1. The molecule has 37 heavy (non-hydrogen) atoms. The number of hydrogen-bond acceptors (Lipinski definition) is 6. The number of rotatable bonds is 5. The summed E-state index contributed by atoms with van der Waals surface area (Å²) in [5.41, 5.74) is 3.82. The second kappa shape index (κ2) is 11.1. The molecule has 8 nitrogen and oxygen atoms in total. The third kappa shape index (κ3) is 5.46. The van der Waals surface area contributed by atoms with E-state index in [-0.39, 0.29) is 5.91 Å². The van der Waals surface area contributed by atoms with E-state index < -0.39 is 0 Å². The molecule has 3 aromatic rings. The molecule has 0 bridgehead atoms. The van der Waals surface area contributed by atoms with Crippen molar-refractivity contribution in [2.24, 2.45) is 0 Å². The van der Waals surface area contributed by atoms with Gasteiger partial charge in [0.2, 0.25) is 0 Å². The molecular weight excluding hydrogens is 511 g/mol. The Hall–Kier alpha value is -3.09. The van der Waals surface area contributed by atoms with E-state index in [9.17, 15) is 10.1 Å². The zero-order valence-corrected chi connectivity index (χ0v) is 22.1. The van der Waals surface area contributed by atoms with E-state index in [2.05, 4.69) is 26.3 Å². The Morgan fingerprint density at radius 2 is 1.84 bits per heavy atom. The van der Waals surface area contributed by atoms with Crippen molar-refractivity contribution in [1.82, 2.24) is 14.7 Å². The van der Waals surface area contributed by atoms with Crippen LogP contribution in [0.2, 0.25) is 10.0 Å². The number of aromatic nitrogens is 2. The average Bonchev–Trinajstić information content (AvgIpc) is 3.32. The minimum absolute atomic E-state index is 0.299. The van der Waals surface area contributed by atoms with Crippen LogP contribution < -0.4 is 10.2 Å². The molecule has 1 N–H and O–H groups in total. The van der Waals surface area contributed by atoms with Gasteiger partial charge in [-0.15, -0.1) is 0 Å². The highest BCUT2D eigenvalue weighted by Gasteiger charge is 2.27. The molecule has 3 heterocycles. The first-order chi connectivity index (χ1) is 17.9. The van der Waals surface area contributed by atoms with Crippen LogP contribution >= 0.6 is 23.2 Å². The SMILES string of the molecule is Cc1c(C(=O)Nc2ccc(N3CCC(N4CCOCC4)CC3)c(C#N)c2)cnn1-c1ccc(Cl)c(Cl)c1. The fraction of sp³-hybridized carbons (Fsp3) is 0.370. The fourth-order valence-corrected chi connectivity index (χ4v) is 5.39. The van der Waals surface area contributed by atoms with E-state index in [1.807, 2.05) is 19.1 Å². The summed E-state index contributed by atoms with van der Waals surface area (Å²) in [5, 5.41) is 18.0. The minimum Gasteiger partial charge on any atom is -0.379 e. The largest absolute Gasteiger partial charge is 0.379 e. The summed E-state index contributed by atoms with van der Waals surface area (Å²) in [7, 11) is 0. The Balaban J connectivity index is 1.26. The molecule has 0 spiro atoms. The predicted octanol–water partition coefficient (Wildman–Crippen LogP) is 4.91. The van der Waals surface area contributed by atoms with Crippen molar-refractivity contribution in [2.75, 3.05) is 49.6 Å². The van der Waals surface area contributed by atoms with Gasteiger partial charge in [-0.3, -0.25) is 9.69 Å². The van der Waals surface area contributed by atoms with E-state index in [0.29, 0.717) is 44.3 Å². The number of carbonyl (C=O) groups excluding carboxylic acids is 1. The monoisotopic (exact) mass is 538 g/mol. The first kappa shape index (κ1) is 25.6. The van der Waals surface area contributed by atoms with Gasteiger partial charge in [-0.25, -0.2) is 4.68 Å². The lowest BCUT2D eigenvalue weighted by Crippen LogP contribution is -2.49. The highest BCUT2D eigenvalue weighted by molar-refractivity contribution is 6.42. The van der Waals surface area contributed by atoms with Gasteiger partial charge in [-0.1, -0.05) is 23.2 Å². The summed E-state index contributed by atoms with van der Waals surface area (Å²) in [4.78, 5) is 17.8. The normalized spacial score (nSPS) is 17.0. The van der Waals surface area contributed by atoms with E-state index in [1.165, 1.54) is 6.20 Å². The first-order valence-corrected chi connectivity index (χ1v) is 13.1. The van der Waals surface area contributed by atoms with Crippen LogP contribution in [0, 0.1) is 18.3 Å². The van der Waals surface area contributed by atoms with Crippen molar-refractivity contribution < 1.29 is 9.53 Å².